The zero-order valence-corrected chi connectivity index (χ0v) is 18.6. The molecule has 0 spiro atoms. The van der Waals surface area contributed by atoms with E-state index in [1.807, 2.05) is 67.8 Å². The number of benzene rings is 3. The highest BCUT2D eigenvalue weighted by atomic mass is 16.5. The van der Waals surface area contributed by atoms with Crippen molar-refractivity contribution >= 4 is 22.5 Å². The standard InChI is InChI=1S/C25H26N4O3/c1-26-14-16-8-9-23(32-4)22(10-16)28-25-27-15-17-6-5-7-21(24(17)29-25)18-11-19(30-2)13-20(12-18)31-3/h5-13,15,26H,14H2,1-4H3,(H,27,28,29). The summed E-state index contributed by atoms with van der Waals surface area (Å²) < 4.78 is 16.4. The lowest BCUT2D eigenvalue weighted by Gasteiger charge is -2.14. The summed E-state index contributed by atoms with van der Waals surface area (Å²) >= 11 is 0. The predicted octanol–water partition coefficient (Wildman–Crippen LogP) is 4.79. The Morgan fingerprint density at radius 3 is 2.34 bits per heavy atom. The molecule has 7 nitrogen and oxygen atoms in total. The fourth-order valence-corrected chi connectivity index (χ4v) is 3.60. The Morgan fingerprint density at radius 1 is 0.875 bits per heavy atom. The molecule has 1 aromatic heterocycles. The molecule has 0 saturated carbocycles. The number of methoxy groups -OCH3 is 3. The van der Waals surface area contributed by atoms with E-state index in [4.69, 9.17) is 19.2 Å². The summed E-state index contributed by atoms with van der Waals surface area (Å²) in [5, 5.41) is 7.41. The quantitative estimate of drug-likeness (QED) is 0.416. The molecule has 0 bridgehead atoms. The Hall–Kier alpha value is -3.84. The van der Waals surface area contributed by atoms with Gasteiger partial charge >= 0.3 is 0 Å². The van der Waals surface area contributed by atoms with E-state index in [2.05, 4.69) is 15.6 Å². The summed E-state index contributed by atoms with van der Waals surface area (Å²) in [5.74, 6) is 2.64. The van der Waals surface area contributed by atoms with E-state index >= 15 is 0 Å². The fraction of sp³-hybridized carbons (Fsp3) is 0.200. The van der Waals surface area contributed by atoms with E-state index in [1.165, 1.54) is 0 Å². The molecule has 0 unspecified atom stereocenters. The molecular weight excluding hydrogens is 404 g/mol. The second-order valence-corrected chi connectivity index (χ2v) is 7.23. The summed E-state index contributed by atoms with van der Waals surface area (Å²) in [7, 11) is 6.84. The maximum absolute atomic E-state index is 5.52. The first-order chi connectivity index (χ1) is 15.6. The van der Waals surface area contributed by atoms with E-state index in [0.717, 1.165) is 57.1 Å². The van der Waals surface area contributed by atoms with E-state index in [-0.39, 0.29) is 0 Å². The third-order valence-corrected chi connectivity index (χ3v) is 5.16. The van der Waals surface area contributed by atoms with Gasteiger partial charge in [0, 0.05) is 29.8 Å². The molecule has 1 heterocycles. The number of nitrogens with zero attached hydrogens (tertiary/aromatic N) is 2. The van der Waals surface area contributed by atoms with Crippen LogP contribution in [0.5, 0.6) is 17.2 Å². The number of rotatable bonds is 8. The zero-order valence-electron chi connectivity index (χ0n) is 18.6. The Balaban J connectivity index is 1.78. The van der Waals surface area contributed by atoms with Gasteiger partial charge in [0.25, 0.3) is 0 Å². The summed E-state index contributed by atoms with van der Waals surface area (Å²) in [4.78, 5) is 9.35. The third kappa shape index (κ3) is 4.43. The average molecular weight is 431 g/mol. The minimum absolute atomic E-state index is 0.486. The van der Waals surface area contributed by atoms with Gasteiger partial charge in [0.2, 0.25) is 5.95 Å². The van der Waals surface area contributed by atoms with Crippen LogP contribution in [0.15, 0.2) is 60.8 Å². The fourth-order valence-electron chi connectivity index (χ4n) is 3.60. The topological polar surface area (TPSA) is 77.5 Å². The van der Waals surface area contributed by atoms with E-state index in [0.29, 0.717) is 5.95 Å². The van der Waals surface area contributed by atoms with E-state index in [1.54, 1.807) is 21.3 Å². The average Bonchev–Trinajstić information content (AvgIpc) is 2.83. The van der Waals surface area contributed by atoms with Crippen molar-refractivity contribution in [2.24, 2.45) is 0 Å². The molecule has 0 atom stereocenters. The molecule has 32 heavy (non-hydrogen) atoms. The van der Waals surface area contributed by atoms with Crippen LogP contribution in [0, 0.1) is 0 Å². The van der Waals surface area contributed by atoms with Crippen LogP contribution in [-0.4, -0.2) is 38.3 Å². The molecule has 4 aromatic rings. The second kappa shape index (κ2) is 9.53. The van der Waals surface area contributed by atoms with Crippen molar-refractivity contribution in [3.05, 3.63) is 66.4 Å². The number of hydrogen-bond acceptors (Lipinski definition) is 7. The molecule has 4 rings (SSSR count). The molecule has 3 aromatic carbocycles. The molecule has 2 N–H and O–H groups in total. The molecule has 7 heteroatoms. The number of nitrogens with one attached hydrogen (secondary N) is 2. The van der Waals surface area contributed by atoms with Gasteiger partial charge in [-0.3, -0.25) is 0 Å². The monoisotopic (exact) mass is 430 g/mol. The minimum atomic E-state index is 0.486. The lowest BCUT2D eigenvalue weighted by molar-refractivity contribution is 0.394. The van der Waals surface area contributed by atoms with E-state index < -0.39 is 0 Å². The van der Waals surface area contributed by atoms with Crippen molar-refractivity contribution in [2.75, 3.05) is 33.7 Å². The summed E-state index contributed by atoms with van der Waals surface area (Å²) in [5.41, 5.74) is 4.66. The second-order valence-electron chi connectivity index (χ2n) is 7.23. The highest BCUT2D eigenvalue weighted by Crippen LogP contribution is 2.34. The largest absolute Gasteiger partial charge is 0.497 e. The van der Waals surface area contributed by atoms with Gasteiger partial charge in [-0.25, -0.2) is 9.97 Å². The normalized spacial score (nSPS) is 10.8. The van der Waals surface area contributed by atoms with Crippen LogP contribution in [0.25, 0.3) is 22.0 Å². The Labute approximate surface area is 187 Å². The van der Waals surface area contributed by atoms with Crippen molar-refractivity contribution in [1.29, 1.82) is 0 Å². The van der Waals surface area contributed by atoms with Gasteiger partial charge in [-0.1, -0.05) is 24.3 Å². The number of fused-ring (bicyclic) bond motifs is 1. The number of para-hydroxylation sites is 1. The van der Waals surface area contributed by atoms with Gasteiger partial charge in [-0.2, -0.15) is 0 Å². The SMILES string of the molecule is CNCc1ccc(OC)c(Nc2ncc3cccc(-c4cc(OC)cc(OC)c4)c3n2)c1. The highest BCUT2D eigenvalue weighted by molar-refractivity contribution is 5.94. The van der Waals surface area contributed by atoms with Crippen LogP contribution >= 0.6 is 0 Å². The van der Waals surface area contributed by atoms with Gasteiger partial charge in [-0.15, -0.1) is 0 Å². The van der Waals surface area contributed by atoms with Crippen LogP contribution in [0.2, 0.25) is 0 Å². The third-order valence-electron chi connectivity index (χ3n) is 5.16. The number of hydrogen-bond donors (Lipinski definition) is 2. The predicted molar refractivity (Wildman–Crippen MR) is 127 cm³/mol. The summed E-state index contributed by atoms with van der Waals surface area (Å²) in [6, 6.07) is 17.8. The minimum Gasteiger partial charge on any atom is -0.497 e. The first kappa shape index (κ1) is 21.4. The number of aromatic nitrogens is 2. The molecule has 0 fully saturated rings. The number of anilines is 2. The first-order valence-electron chi connectivity index (χ1n) is 10.2. The number of ether oxygens (including phenoxy) is 3. The molecule has 164 valence electrons. The smallest absolute Gasteiger partial charge is 0.227 e. The molecule has 0 aliphatic carbocycles. The van der Waals surface area contributed by atoms with E-state index in [9.17, 15) is 0 Å². The molecule has 0 radical (unpaired) electrons. The van der Waals surface area contributed by atoms with Crippen LogP contribution < -0.4 is 24.8 Å². The van der Waals surface area contributed by atoms with Crippen molar-refractivity contribution in [3.63, 3.8) is 0 Å². The Bertz CT molecular complexity index is 1220. The zero-order chi connectivity index (χ0) is 22.5. The lowest BCUT2D eigenvalue weighted by atomic mass is 10.0. The van der Waals surface area contributed by atoms with Crippen LogP contribution in [0.3, 0.4) is 0 Å². The first-order valence-corrected chi connectivity index (χ1v) is 10.2. The van der Waals surface area contributed by atoms with Gasteiger partial charge in [0.05, 0.1) is 32.5 Å². The lowest BCUT2D eigenvalue weighted by Crippen LogP contribution is -2.06. The molecular formula is C25H26N4O3. The van der Waals surface area contributed by atoms with Crippen molar-refractivity contribution in [1.82, 2.24) is 15.3 Å². The van der Waals surface area contributed by atoms with Crippen molar-refractivity contribution in [2.45, 2.75) is 6.54 Å². The van der Waals surface area contributed by atoms with Crippen molar-refractivity contribution < 1.29 is 14.2 Å². The maximum atomic E-state index is 5.52. The Kier molecular flexibility index (Phi) is 6.37. The molecule has 0 saturated heterocycles. The van der Waals surface area contributed by atoms with Crippen molar-refractivity contribution in [3.8, 4) is 28.4 Å². The molecule has 0 aliphatic heterocycles. The molecule has 0 amide bonds. The maximum Gasteiger partial charge on any atom is 0.227 e. The van der Waals surface area contributed by atoms with Gasteiger partial charge < -0.3 is 24.8 Å². The highest BCUT2D eigenvalue weighted by Gasteiger charge is 2.12. The summed E-state index contributed by atoms with van der Waals surface area (Å²) in [6.45, 7) is 0.749. The van der Waals surface area contributed by atoms with Crippen LogP contribution in [0.4, 0.5) is 11.6 Å². The van der Waals surface area contributed by atoms with Gasteiger partial charge in [-0.05, 0) is 42.4 Å². The summed E-state index contributed by atoms with van der Waals surface area (Å²) in [6.07, 6.45) is 1.81. The van der Waals surface area contributed by atoms with Crippen LogP contribution in [-0.2, 0) is 6.54 Å². The van der Waals surface area contributed by atoms with Gasteiger partial charge in [0.15, 0.2) is 0 Å². The van der Waals surface area contributed by atoms with Crippen LogP contribution in [0.1, 0.15) is 5.56 Å². The molecule has 0 aliphatic rings. The Morgan fingerprint density at radius 2 is 1.66 bits per heavy atom. The van der Waals surface area contributed by atoms with Gasteiger partial charge in [0.1, 0.15) is 17.2 Å².